The molecule has 2 aromatic rings. The van der Waals surface area contributed by atoms with Crippen molar-refractivity contribution in [2.75, 3.05) is 0 Å². The quantitative estimate of drug-likeness (QED) is 0.692. The van der Waals surface area contributed by atoms with Gasteiger partial charge in [0.25, 0.3) is 5.56 Å². The van der Waals surface area contributed by atoms with Crippen LogP contribution in [-0.2, 0) is 0 Å². The molecule has 0 atom stereocenters. The first-order chi connectivity index (χ1) is 6.79. The first-order valence-corrected chi connectivity index (χ1v) is 4.14. The van der Waals surface area contributed by atoms with Crippen molar-refractivity contribution in [3.05, 3.63) is 57.4 Å². The van der Waals surface area contributed by atoms with Gasteiger partial charge in [0.2, 0.25) is 0 Å². The molecule has 0 fully saturated rings. The molecule has 2 aromatic heterocycles. The van der Waals surface area contributed by atoms with Gasteiger partial charge in [-0.2, -0.15) is 0 Å². The van der Waals surface area contributed by atoms with E-state index in [1.165, 1.54) is 24.7 Å². The summed E-state index contributed by atoms with van der Waals surface area (Å²) < 4.78 is 0. The number of rotatable bonds is 1. The molecule has 0 spiro atoms. The van der Waals surface area contributed by atoms with E-state index in [9.17, 15) is 9.59 Å². The molecule has 0 aromatic carbocycles. The van der Waals surface area contributed by atoms with Gasteiger partial charge in [0, 0.05) is 24.7 Å². The van der Waals surface area contributed by atoms with Gasteiger partial charge in [0.1, 0.15) is 0 Å². The average molecular weight is 188 g/mol. The highest BCUT2D eigenvalue weighted by atomic mass is 16.1. The van der Waals surface area contributed by atoms with Crippen LogP contribution >= 0.6 is 0 Å². The van der Waals surface area contributed by atoms with E-state index in [1.54, 1.807) is 12.1 Å². The Morgan fingerprint density at radius 3 is 2.57 bits per heavy atom. The molecule has 4 heteroatoms. The molecule has 0 aliphatic heterocycles. The minimum atomic E-state index is -0.260. The second-order valence-electron chi connectivity index (χ2n) is 2.84. The largest absolute Gasteiger partial charge is 0.367 e. The van der Waals surface area contributed by atoms with Crippen LogP contribution in [0.4, 0.5) is 0 Å². The van der Waals surface area contributed by atoms with Crippen LogP contribution in [-0.4, -0.2) is 9.97 Å². The van der Waals surface area contributed by atoms with Crippen molar-refractivity contribution in [3.8, 4) is 11.1 Å². The fourth-order valence-electron chi connectivity index (χ4n) is 1.26. The molecule has 0 radical (unpaired) electrons. The number of hydrogen-bond donors (Lipinski definition) is 2. The molecule has 0 amide bonds. The molecule has 14 heavy (non-hydrogen) atoms. The normalized spacial score (nSPS) is 10.0. The van der Waals surface area contributed by atoms with Crippen molar-refractivity contribution in [1.29, 1.82) is 0 Å². The predicted molar refractivity (Wildman–Crippen MR) is 53.1 cm³/mol. The van der Waals surface area contributed by atoms with Crippen LogP contribution in [0.5, 0.6) is 0 Å². The Bertz CT molecular complexity index is 503. The molecular formula is C10H8N2O2. The predicted octanol–water partition coefficient (Wildman–Crippen LogP) is 0.730. The molecule has 2 N–H and O–H groups in total. The van der Waals surface area contributed by atoms with Crippen molar-refractivity contribution >= 4 is 0 Å². The molecule has 0 saturated carbocycles. The second-order valence-corrected chi connectivity index (χ2v) is 2.84. The van der Waals surface area contributed by atoms with Crippen molar-refractivity contribution in [1.82, 2.24) is 9.97 Å². The first kappa shape index (κ1) is 8.50. The van der Waals surface area contributed by atoms with Crippen LogP contribution in [0.1, 0.15) is 0 Å². The van der Waals surface area contributed by atoms with E-state index in [2.05, 4.69) is 9.97 Å². The van der Waals surface area contributed by atoms with E-state index in [1.807, 2.05) is 0 Å². The van der Waals surface area contributed by atoms with Crippen LogP contribution in [0.15, 0.2) is 46.4 Å². The molecule has 2 rings (SSSR count). The van der Waals surface area contributed by atoms with Gasteiger partial charge in [-0.15, -0.1) is 0 Å². The lowest BCUT2D eigenvalue weighted by Crippen LogP contribution is -2.13. The number of aromatic nitrogens is 2. The summed E-state index contributed by atoms with van der Waals surface area (Å²) >= 11 is 0. The minimum absolute atomic E-state index is 0.166. The van der Waals surface area contributed by atoms with Crippen molar-refractivity contribution < 1.29 is 0 Å². The molecule has 0 unspecified atom stereocenters. The zero-order chi connectivity index (χ0) is 9.97. The van der Waals surface area contributed by atoms with E-state index in [0.717, 1.165) is 0 Å². The Balaban J connectivity index is 2.74. The molecule has 0 aliphatic carbocycles. The Morgan fingerprint density at radius 2 is 1.86 bits per heavy atom. The molecular weight excluding hydrogens is 180 g/mol. The Hall–Kier alpha value is -2.10. The molecule has 0 bridgehead atoms. The summed E-state index contributed by atoms with van der Waals surface area (Å²) in [5.41, 5.74) is 0.341. The highest BCUT2D eigenvalue weighted by Crippen LogP contribution is 2.06. The summed E-state index contributed by atoms with van der Waals surface area (Å²) in [4.78, 5) is 28.1. The molecule has 0 saturated heterocycles. The van der Waals surface area contributed by atoms with E-state index < -0.39 is 0 Å². The second kappa shape index (κ2) is 3.33. The fraction of sp³-hybridized carbons (Fsp3) is 0. The lowest BCUT2D eigenvalue weighted by molar-refractivity contribution is 1.22. The SMILES string of the molecule is O=c1cc[nH]cc1-c1ccc[nH]c1=O. The third kappa shape index (κ3) is 1.37. The van der Waals surface area contributed by atoms with Crippen LogP contribution in [0, 0.1) is 0 Å². The van der Waals surface area contributed by atoms with Crippen molar-refractivity contribution in [3.63, 3.8) is 0 Å². The Labute approximate surface area is 79.3 Å². The maximum absolute atomic E-state index is 11.4. The highest BCUT2D eigenvalue weighted by Gasteiger charge is 2.04. The van der Waals surface area contributed by atoms with Crippen molar-refractivity contribution in [2.24, 2.45) is 0 Å². The van der Waals surface area contributed by atoms with Gasteiger partial charge in [-0.3, -0.25) is 9.59 Å². The van der Waals surface area contributed by atoms with Gasteiger partial charge in [0.15, 0.2) is 5.43 Å². The van der Waals surface area contributed by atoms with E-state index in [-0.39, 0.29) is 11.0 Å². The molecule has 70 valence electrons. The number of hydrogen-bond acceptors (Lipinski definition) is 2. The number of aromatic amines is 2. The van der Waals surface area contributed by atoms with Crippen LogP contribution in [0.3, 0.4) is 0 Å². The van der Waals surface area contributed by atoms with Gasteiger partial charge < -0.3 is 9.97 Å². The van der Waals surface area contributed by atoms with Gasteiger partial charge in [-0.25, -0.2) is 0 Å². The standard InChI is InChI=1S/C10H8N2O2/c13-9-3-5-11-6-8(9)7-2-1-4-12-10(7)14/h1-6H,(H,11,13)(H,12,14). The van der Waals surface area contributed by atoms with Gasteiger partial charge in [0.05, 0.1) is 11.1 Å². The van der Waals surface area contributed by atoms with Crippen LogP contribution in [0.25, 0.3) is 11.1 Å². The number of nitrogens with one attached hydrogen (secondary N) is 2. The molecule has 0 aliphatic rings. The topological polar surface area (TPSA) is 65.7 Å². The van der Waals surface area contributed by atoms with E-state index in [4.69, 9.17) is 0 Å². The summed E-state index contributed by atoms with van der Waals surface area (Å²) in [5.74, 6) is 0. The lowest BCUT2D eigenvalue weighted by Gasteiger charge is -1.97. The van der Waals surface area contributed by atoms with E-state index >= 15 is 0 Å². The maximum Gasteiger partial charge on any atom is 0.256 e. The molecule has 4 nitrogen and oxygen atoms in total. The van der Waals surface area contributed by atoms with Gasteiger partial charge >= 0.3 is 0 Å². The van der Waals surface area contributed by atoms with E-state index in [0.29, 0.717) is 11.1 Å². The van der Waals surface area contributed by atoms with Gasteiger partial charge in [-0.05, 0) is 12.1 Å². The zero-order valence-electron chi connectivity index (χ0n) is 7.28. The third-order valence-corrected chi connectivity index (χ3v) is 1.93. The maximum atomic E-state index is 11.4. The number of pyridine rings is 2. The summed E-state index contributed by atoms with van der Waals surface area (Å²) in [7, 11) is 0. The Morgan fingerprint density at radius 1 is 1.00 bits per heavy atom. The molecule has 2 heterocycles. The van der Waals surface area contributed by atoms with Gasteiger partial charge in [-0.1, -0.05) is 0 Å². The highest BCUT2D eigenvalue weighted by molar-refractivity contribution is 5.60. The number of H-pyrrole nitrogens is 2. The minimum Gasteiger partial charge on any atom is -0.367 e. The van der Waals surface area contributed by atoms with Crippen LogP contribution < -0.4 is 11.0 Å². The fourth-order valence-corrected chi connectivity index (χ4v) is 1.26. The first-order valence-electron chi connectivity index (χ1n) is 4.14. The monoisotopic (exact) mass is 188 g/mol. The van der Waals surface area contributed by atoms with Crippen molar-refractivity contribution in [2.45, 2.75) is 0 Å². The third-order valence-electron chi connectivity index (χ3n) is 1.93. The zero-order valence-corrected chi connectivity index (χ0v) is 7.28. The summed E-state index contributed by atoms with van der Waals surface area (Å²) in [6, 6.07) is 4.69. The Kier molecular flexibility index (Phi) is 2.02. The summed E-state index contributed by atoms with van der Waals surface area (Å²) in [5, 5.41) is 0. The average Bonchev–Trinajstić information content (AvgIpc) is 2.20. The summed E-state index contributed by atoms with van der Waals surface area (Å²) in [6.07, 6.45) is 4.58. The smallest absolute Gasteiger partial charge is 0.256 e. The summed E-state index contributed by atoms with van der Waals surface area (Å²) in [6.45, 7) is 0. The lowest BCUT2D eigenvalue weighted by atomic mass is 10.1. The van der Waals surface area contributed by atoms with Crippen LogP contribution in [0.2, 0.25) is 0 Å².